The summed E-state index contributed by atoms with van der Waals surface area (Å²) in [7, 11) is 0. The van der Waals surface area contributed by atoms with Gasteiger partial charge in [0.1, 0.15) is 10.7 Å². The number of hydrogen-bond donors (Lipinski definition) is 1. The number of benzene rings is 1. The topological polar surface area (TPSA) is 54.4 Å². The van der Waals surface area contributed by atoms with E-state index in [0.29, 0.717) is 10.4 Å². The van der Waals surface area contributed by atoms with Crippen molar-refractivity contribution in [2.75, 3.05) is 0 Å². The van der Waals surface area contributed by atoms with E-state index < -0.39 is 5.97 Å². The van der Waals surface area contributed by atoms with Gasteiger partial charge in [0.25, 0.3) is 0 Å². The molecule has 2 aromatic rings. The third-order valence-electron chi connectivity index (χ3n) is 2.34. The van der Waals surface area contributed by atoms with Crippen molar-refractivity contribution in [3.05, 3.63) is 63.6 Å². The summed E-state index contributed by atoms with van der Waals surface area (Å²) in [5.41, 5.74) is 0.573. The number of halogens is 1. The van der Waals surface area contributed by atoms with Crippen molar-refractivity contribution in [2.45, 2.75) is 0 Å². The summed E-state index contributed by atoms with van der Waals surface area (Å²) in [6.45, 7) is 0. The predicted molar refractivity (Wildman–Crippen MR) is 71.0 cm³/mol. The van der Waals surface area contributed by atoms with Crippen LogP contribution in [-0.4, -0.2) is 16.9 Å². The highest BCUT2D eigenvalue weighted by atomic mass is 32.1. The number of carbonyl (C=O) groups excluding carboxylic acids is 1. The highest BCUT2D eigenvalue weighted by Gasteiger charge is 2.10. The maximum absolute atomic E-state index is 12.9. The Kier molecular flexibility index (Phi) is 3.87. The van der Waals surface area contributed by atoms with Crippen LogP contribution in [0.1, 0.15) is 24.9 Å². The molecule has 0 spiro atoms. The molecule has 0 radical (unpaired) electrons. The van der Waals surface area contributed by atoms with Crippen LogP contribution in [0.15, 0.2) is 42.5 Å². The first-order chi connectivity index (χ1) is 9.06. The van der Waals surface area contributed by atoms with Gasteiger partial charge in [0.15, 0.2) is 5.78 Å². The molecule has 0 atom stereocenters. The Hall–Kier alpha value is -2.27. The number of thiophene rings is 1. The number of carbonyl (C=O) groups is 2. The lowest BCUT2D eigenvalue weighted by molar-refractivity contribution is 0.0702. The summed E-state index contributed by atoms with van der Waals surface area (Å²) in [5.74, 6) is -1.74. The molecule has 1 heterocycles. The molecule has 0 amide bonds. The first-order valence-corrected chi connectivity index (χ1v) is 6.19. The summed E-state index contributed by atoms with van der Waals surface area (Å²) < 4.78 is 12.9. The molecule has 96 valence electrons. The predicted octanol–water partition coefficient (Wildman–Crippen LogP) is 3.48. The van der Waals surface area contributed by atoms with Crippen molar-refractivity contribution in [3.63, 3.8) is 0 Å². The molecule has 1 aromatic heterocycles. The van der Waals surface area contributed by atoms with Gasteiger partial charge >= 0.3 is 5.97 Å². The van der Waals surface area contributed by atoms with Gasteiger partial charge in [0, 0.05) is 0 Å². The lowest BCUT2D eigenvalue weighted by Gasteiger charge is -1.93. The molecule has 5 heteroatoms. The number of allylic oxidation sites excluding steroid dienone is 1. The maximum atomic E-state index is 12.9. The summed E-state index contributed by atoms with van der Waals surface area (Å²) in [4.78, 5) is 22.9. The van der Waals surface area contributed by atoms with Gasteiger partial charge in [-0.2, -0.15) is 0 Å². The Morgan fingerprint density at radius 2 is 1.89 bits per heavy atom. The molecule has 1 N–H and O–H groups in total. The normalized spacial score (nSPS) is 10.8. The summed E-state index contributed by atoms with van der Waals surface area (Å²) in [6.07, 6.45) is 2.79. The number of ketones is 1. The van der Waals surface area contributed by atoms with E-state index in [0.717, 1.165) is 11.3 Å². The van der Waals surface area contributed by atoms with E-state index in [9.17, 15) is 14.0 Å². The van der Waals surface area contributed by atoms with Gasteiger partial charge in [-0.3, -0.25) is 4.79 Å². The van der Waals surface area contributed by atoms with Crippen molar-refractivity contribution in [3.8, 4) is 0 Å². The molecular weight excluding hydrogens is 267 g/mol. The molecule has 0 aliphatic rings. The van der Waals surface area contributed by atoms with Gasteiger partial charge in [0.2, 0.25) is 0 Å². The lowest BCUT2D eigenvalue weighted by Crippen LogP contribution is -1.91. The summed E-state index contributed by atoms with van der Waals surface area (Å²) >= 11 is 0.913. The Balaban J connectivity index is 2.14. The van der Waals surface area contributed by atoms with Crippen LogP contribution in [0.5, 0.6) is 0 Å². The van der Waals surface area contributed by atoms with Crippen molar-refractivity contribution in [1.29, 1.82) is 0 Å². The van der Waals surface area contributed by atoms with Gasteiger partial charge in [-0.1, -0.05) is 18.2 Å². The van der Waals surface area contributed by atoms with Gasteiger partial charge in [0.05, 0.1) is 4.88 Å². The van der Waals surface area contributed by atoms with E-state index in [2.05, 4.69) is 0 Å². The molecule has 0 aliphatic carbocycles. The van der Waals surface area contributed by atoms with E-state index >= 15 is 0 Å². The zero-order valence-electron chi connectivity index (χ0n) is 9.67. The second-order valence-electron chi connectivity index (χ2n) is 3.72. The number of carboxylic acids is 1. The minimum atomic E-state index is -1.06. The second-order valence-corrected chi connectivity index (χ2v) is 4.81. The third-order valence-corrected chi connectivity index (χ3v) is 3.42. The Labute approximate surface area is 112 Å². The fraction of sp³-hybridized carbons (Fsp3) is 0. The molecule has 0 aliphatic heterocycles. The zero-order chi connectivity index (χ0) is 13.8. The molecule has 0 saturated carbocycles. The molecule has 2 rings (SSSR count). The van der Waals surface area contributed by atoms with E-state index in [-0.39, 0.29) is 16.5 Å². The quantitative estimate of drug-likeness (QED) is 0.687. The molecule has 0 bridgehead atoms. The standard InChI is InChI=1S/C14H9FO3S/c15-10-3-1-2-9(8-10)4-5-11(16)12-6-7-13(19-12)14(17)18/h1-8H,(H,17,18)/b5-4+. The molecule has 3 nitrogen and oxygen atoms in total. The molecule has 1 aromatic carbocycles. The first-order valence-electron chi connectivity index (χ1n) is 5.37. The van der Waals surface area contributed by atoms with E-state index in [1.165, 1.54) is 36.4 Å². The molecule has 0 unspecified atom stereocenters. The van der Waals surface area contributed by atoms with E-state index in [1.54, 1.807) is 12.1 Å². The van der Waals surface area contributed by atoms with Gasteiger partial charge in [-0.15, -0.1) is 11.3 Å². The van der Waals surface area contributed by atoms with Crippen molar-refractivity contribution in [2.24, 2.45) is 0 Å². The van der Waals surface area contributed by atoms with Crippen LogP contribution < -0.4 is 0 Å². The number of aromatic carboxylic acids is 1. The fourth-order valence-corrected chi connectivity index (χ4v) is 2.21. The molecular formula is C14H9FO3S. The molecule has 19 heavy (non-hydrogen) atoms. The molecule has 0 fully saturated rings. The van der Waals surface area contributed by atoms with Crippen LogP contribution in [0.4, 0.5) is 4.39 Å². The van der Waals surface area contributed by atoms with Crippen molar-refractivity contribution < 1.29 is 19.1 Å². The van der Waals surface area contributed by atoms with Crippen molar-refractivity contribution in [1.82, 2.24) is 0 Å². The lowest BCUT2D eigenvalue weighted by atomic mass is 10.2. The van der Waals surface area contributed by atoms with Crippen LogP contribution in [0, 0.1) is 5.82 Å². The number of carboxylic acid groups (broad SMARTS) is 1. The Morgan fingerprint density at radius 3 is 2.53 bits per heavy atom. The molecule has 0 saturated heterocycles. The fourth-order valence-electron chi connectivity index (χ4n) is 1.45. The van der Waals surface area contributed by atoms with E-state index in [4.69, 9.17) is 5.11 Å². The zero-order valence-corrected chi connectivity index (χ0v) is 10.5. The van der Waals surface area contributed by atoms with Crippen LogP contribution in [-0.2, 0) is 0 Å². The van der Waals surface area contributed by atoms with Gasteiger partial charge in [-0.25, -0.2) is 9.18 Å². The summed E-state index contributed by atoms with van der Waals surface area (Å²) in [6, 6.07) is 8.69. The van der Waals surface area contributed by atoms with Crippen LogP contribution in [0.25, 0.3) is 6.08 Å². The Bertz CT molecular complexity index is 658. The minimum absolute atomic E-state index is 0.113. The van der Waals surface area contributed by atoms with E-state index in [1.807, 2.05) is 0 Å². The average Bonchev–Trinajstić information content (AvgIpc) is 2.86. The summed E-state index contributed by atoms with van der Waals surface area (Å²) in [5, 5.41) is 8.76. The van der Waals surface area contributed by atoms with Crippen LogP contribution >= 0.6 is 11.3 Å². The SMILES string of the molecule is O=C(O)c1ccc(C(=O)/C=C/c2cccc(F)c2)s1. The number of hydrogen-bond acceptors (Lipinski definition) is 3. The highest BCUT2D eigenvalue weighted by Crippen LogP contribution is 2.18. The van der Waals surface area contributed by atoms with Gasteiger partial charge in [-0.05, 0) is 35.9 Å². The van der Waals surface area contributed by atoms with Crippen LogP contribution in [0.3, 0.4) is 0 Å². The minimum Gasteiger partial charge on any atom is -0.477 e. The second kappa shape index (κ2) is 5.58. The average molecular weight is 276 g/mol. The maximum Gasteiger partial charge on any atom is 0.345 e. The van der Waals surface area contributed by atoms with Gasteiger partial charge < -0.3 is 5.11 Å². The Morgan fingerprint density at radius 1 is 1.16 bits per heavy atom. The third kappa shape index (κ3) is 3.35. The smallest absolute Gasteiger partial charge is 0.345 e. The largest absolute Gasteiger partial charge is 0.477 e. The highest BCUT2D eigenvalue weighted by molar-refractivity contribution is 7.16. The monoisotopic (exact) mass is 276 g/mol. The first kappa shape index (κ1) is 13.2. The van der Waals surface area contributed by atoms with Crippen LogP contribution in [0.2, 0.25) is 0 Å². The van der Waals surface area contributed by atoms with Crippen molar-refractivity contribution >= 4 is 29.2 Å². The number of rotatable bonds is 4.